The van der Waals surface area contributed by atoms with Crippen LogP contribution in [0.25, 0.3) is 21.8 Å². The first-order valence-corrected chi connectivity index (χ1v) is 10.3. The van der Waals surface area contributed by atoms with Crippen LogP contribution in [0.1, 0.15) is 23.0 Å². The fourth-order valence-corrected chi connectivity index (χ4v) is 3.54. The number of fused-ring (bicyclic) bond motifs is 1. The zero-order chi connectivity index (χ0) is 22.5. The molecule has 0 aliphatic heterocycles. The molecule has 0 unspecified atom stereocenters. The van der Waals surface area contributed by atoms with Crippen molar-refractivity contribution >= 4 is 40.1 Å². The zero-order valence-corrected chi connectivity index (χ0v) is 17.5. The van der Waals surface area contributed by atoms with E-state index in [-0.39, 0.29) is 24.5 Å². The summed E-state index contributed by atoms with van der Waals surface area (Å²) in [6, 6.07) is 7.70. The smallest absolute Gasteiger partial charge is 0.411 e. The van der Waals surface area contributed by atoms with Crippen molar-refractivity contribution in [2.75, 3.05) is 11.9 Å². The van der Waals surface area contributed by atoms with Crippen molar-refractivity contribution in [1.82, 2.24) is 15.0 Å². The van der Waals surface area contributed by atoms with Gasteiger partial charge in [0.1, 0.15) is 12.2 Å². The number of thiazole rings is 1. The van der Waals surface area contributed by atoms with Crippen molar-refractivity contribution < 1.29 is 23.5 Å². The SMILES string of the molecule is CCOC(=O)Nc1ccc2c(COC(=O)c3csc(-c4ncccn4)n3)cc(=O)oc2c1. The van der Waals surface area contributed by atoms with Gasteiger partial charge in [-0.15, -0.1) is 11.3 Å². The Balaban J connectivity index is 1.50. The van der Waals surface area contributed by atoms with Gasteiger partial charge in [-0.25, -0.2) is 29.3 Å². The predicted molar refractivity (Wildman–Crippen MR) is 115 cm³/mol. The number of hydrogen-bond donors (Lipinski definition) is 1. The second-order valence-electron chi connectivity index (χ2n) is 6.33. The van der Waals surface area contributed by atoms with Gasteiger partial charge in [-0.05, 0) is 25.1 Å². The molecule has 0 saturated carbocycles. The summed E-state index contributed by atoms with van der Waals surface area (Å²) in [5.74, 6) is -0.235. The maximum absolute atomic E-state index is 12.4. The number of anilines is 1. The summed E-state index contributed by atoms with van der Waals surface area (Å²) < 4.78 is 15.4. The number of carbonyl (C=O) groups excluding carboxylic acids is 2. The summed E-state index contributed by atoms with van der Waals surface area (Å²) in [6.07, 6.45) is 2.55. The van der Waals surface area contributed by atoms with E-state index in [0.717, 1.165) is 0 Å². The van der Waals surface area contributed by atoms with Crippen LogP contribution in [0.3, 0.4) is 0 Å². The van der Waals surface area contributed by atoms with Crippen LogP contribution >= 0.6 is 11.3 Å². The summed E-state index contributed by atoms with van der Waals surface area (Å²) in [5, 5.41) is 5.14. The van der Waals surface area contributed by atoms with Gasteiger partial charge in [-0.1, -0.05) is 0 Å². The molecule has 11 heteroatoms. The Morgan fingerprint density at radius 1 is 1.16 bits per heavy atom. The van der Waals surface area contributed by atoms with Crippen molar-refractivity contribution in [3.8, 4) is 10.8 Å². The molecule has 0 radical (unpaired) electrons. The largest absolute Gasteiger partial charge is 0.456 e. The van der Waals surface area contributed by atoms with E-state index in [2.05, 4.69) is 20.3 Å². The third kappa shape index (κ3) is 4.78. The normalized spacial score (nSPS) is 10.7. The summed E-state index contributed by atoms with van der Waals surface area (Å²) in [4.78, 5) is 48.4. The van der Waals surface area contributed by atoms with Gasteiger partial charge >= 0.3 is 17.7 Å². The van der Waals surface area contributed by atoms with E-state index in [1.807, 2.05) is 0 Å². The highest BCUT2D eigenvalue weighted by Gasteiger charge is 2.16. The quantitative estimate of drug-likeness (QED) is 0.344. The Kier molecular flexibility index (Phi) is 6.17. The topological polar surface area (TPSA) is 134 Å². The average molecular weight is 452 g/mol. The first kappa shape index (κ1) is 21.1. The van der Waals surface area contributed by atoms with Crippen LogP contribution in [0.15, 0.2) is 57.3 Å². The average Bonchev–Trinajstić information content (AvgIpc) is 3.28. The lowest BCUT2D eigenvalue weighted by atomic mass is 10.1. The first-order valence-electron chi connectivity index (χ1n) is 9.44. The van der Waals surface area contributed by atoms with E-state index >= 15 is 0 Å². The monoisotopic (exact) mass is 452 g/mol. The molecule has 3 heterocycles. The number of amides is 1. The number of nitrogens with one attached hydrogen (secondary N) is 1. The molecule has 0 spiro atoms. The molecule has 0 saturated heterocycles. The van der Waals surface area contributed by atoms with Crippen LogP contribution in [-0.2, 0) is 16.1 Å². The molecule has 1 N–H and O–H groups in total. The van der Waals surface area contributed by atoms with Gasteiger partial charge in [0.15, 0.2) is 16.5 Å². The molecule has 0 aliphatic rings. The number of nitrogens with zero attached hydrogens (tertiary/aromatic N) is 3. The number of aromatic nitrogens is 3. The van der Waals surface area contributed by atoms with E-state index in [1.165, 1.54) is 23.5 Å². The van der Waals surface area contributed by atoms with Gasteiger partial charge < -0.3 is 13.9 Å². The molecular weight excluding hydrogens is 436 g/mol. The molecule has 162 valence electrons. The number of hydrogen-bond acceptors (Lipinski definition) is 10. The van der Waals surface area contributed by atoms with E-state index in [1.54, 1.807) is 42.9 Å². The third-order valence-corrected chi connectivity index (χ3v) is 5.02. The minimum absolute atomic E-state index is 0.116. The molecule has 0 fully saturated rings. The Hall–Kier alpha value is -4.12. The van der Waals surface area contributed by atoms with E-state index in [4.69, 9.17) is 13.9 Å². The van der Waals surface area contributed by atoms with Gasteiger partial charge in [0.05, 0.1) is 6.61 Å². The standard InChI is InChI=1S/C21H16N4O6S/c1-2-29-21(28)24-13-4-5-14-12(8-17(26)31-16(14)9-13)10-30-20(27)15-11-32-19(25-15)18-22-6-3-7-23-18/h3-9,11H,2,10H2,1H3,(H,24,28). The Bertz CT molecular complexity index is 1340. The molecule has 10 nitrogen and oxygen atoms in total. The highest BCUT2D eigenvalue weighted by Crippen LogP contribution is 2.23. The fourth-order valence-electron chi connectivity index (χ4n) is 2.81. The van der Waals surface area contributed by atoms with Gasteiger partial charge in [0.25, 0.3) is 0 Å². The van der Waals surface area contributed by atoms with E-state index in [9.17, 15) is 14.4 Å². The van der Waals surface area contributed by atoms with Crippen LogP contribution in [0.5, 0.6) is 0 Å². The molecule has 4 aromatic rings. The highest BCUT2D eigenvalue weighted by molar-refractivity contribution is 7.13. The third-order valence-electron chi connectivity index (χ3n) is 4.18. The summed E-state index contributed by atoms with van der Waals surface area (Å²) in [6.45, 7) is 1.75. The molecule has 1 amide bonds. The summed E-state index contributed by atoms with van der Waals surface area (Å²) >= 11 is 1.22. The minimum atomic E-state index is -0.648. The molecule has 3 aromatic heterocycles. The summed E-state index contributed by atoms with van der Waals surface area (Å²) in [5.41, 5.74) is 0.579. The molecule has 0 atom stereocenters. The summed E-state index contributed by atoms with van der Waals surface area (Å²) in [7, 11) is 0. The predicted octanol–water partition coefficient (Wildman–Crippen LogP) is 3.63. The number of carbonyl (C=O) groups is 2. The molecule has 32 heavy (non-hydrogen) atoms. The van der Waals surface area contributed by atoms with Gasteiger partial charge in [-0.3, -0.25) is 5.32 Å². The van der Waals surface area contributed by atoms with Gasteiger partial charge in [-0.2, -0.15) is 0 Å². The molecule has 1 aromatic carbocycles. The van der Waals surface area contributed by atoms with Crippen LogP contribution in [-0.4, -0.2) is 33.6 Å². The van der Waals surface area contributed by atoms with Crippen LogP contribution < -0.4 is 10.9 Å². The van der Waals surface area contributed by atoms with E-state index < -0.39 is 17.7 Å². The lowest BCUT2D eigenvalue weighted by Crippen LogP contribution is -2.13. The molecular formula is C21H16N4O6S. The maximum Gasteiger partial charge on any atom is 0.411 e. The Morgan fingerprint density at radius 2 is 1.97 bits per heavy atom. The second-order valence-corrected chi connectivity index (χ2v) is 7.19. The van der Waals surface area contributed by atoms with Crippen LogP contribution in [0.4, 0.5) is 10.5 Å². The number of benzene rings is 1. The molecule has 0 bridgehead atoms. The van der Waals surface area contributed by atoms with E-state index in [0.29, 0.717) is 27.5 Å². The highest BCUT2D eigenvalue weighted by atomic mass is 32.1. The number of esters is 1. The maximum atomic E-state index is 12.4. The lowest BCUT2D eigenvalue weighted by molar-refractivity contribution is 0.0468. The molecule has 4 rings (SSSR count). The van der Waals surface area contributed by atoms with Crippen molar-refractivity contribution in [3.05, 3.63) is 69.8 Å². The zero-order valence-electron chi connectivity index (χ0n) is 16.7. The minimum Gasteiger partial charge on any atom is -0.456 e. The molecule has 0 aliphatic carbocycles. The van der Waals surface area contributed by atoms with Crippen molar-refractivity contribution in [2.45, 2.75) is 13.5 Å². The van der Waals surface area contributed by atoms with Crippen molar-refractivity contribution in [3.63, 3.8) is 0 Å². The first-order chi connectivity index (χ1) is 15.5. The van der Waals surface area contributed by atoms with Gasteiger partial charge in [0, 0.05) is 46.5 Å². The van der Waals surface area contributed by atoms with Crippen LogP contribution in [0, 0.1) is 0 Å². The lowest BCUT2D eigenvalue weighted by Gasteiger charge is -2.09. The van der Waals surface area contributed by atoms with Crippen molar-refractivity contribution in [1.29, 1.82) is 0 Å². The second kappa shape index (κ2) is 9.35. The van der Waals surface area contributed by atoms with Gasteiger partial charge in [0.2, 0.25) is 0 Å². The number of ether oxygens (including phenoxy) is 2. The number of rotatable bonds is 6. The Morgan fingerprint density at radius 3 is 2.75 bits per heavy atom. The van der Waals surface area contributed by atoms with Crippen LogP contribution in [0.2, 0.25) is 0 Å². The Labute approximate surface area is 184 Å². The van der Waals surface area contributed by atoms with Crippen molar-refractivity contribution in [2.24, 2.45) is 0 Å². The fraction of sp³-hybridized carbons (Fsp3) is 0.143.